The fraction of sp³-hybridized carbons (Fsp3) is 0.160. The highest BCUT2D eigenvalue weighted by Crippen LogP contribution is 2.32. The molecule has 3 aromatic carbocycles. The van der Waals surface area contributed by atoms with E-state index in [0.717, 1.165) is 47.3 Å². The Kier molecular flexibility index (Phi) is 8.57. The Labute approximate surface area is 226 Å². The number of rotatable bonds is 5. The van der Waals surface area contributed by atoms with E-state index in [1.165, 1.54) is 12.1 Å². The van der Waals surface area contributed by atoms with Crippen LogP contribution < -0.4 is 15.9 Å². The molecule has 4 N–H and O–H groups in total. The van der Waals surface area contributed by atoms with Crippen LogP contribution in [0.25, 0.3) is 0 Å². The summed E-state index contributed by atoms with van der Waals surface area (Å²) in [6.07, 6.45) is -3.68. The molecular formula is C25H22ClF3N6S2. The van der Waals surface area contributed by atoms with Crippen LogP contribution in [0.3, 0.4) is 0 Å². The molecule has 6 nitrogen and oxygen atoms in total. The van der Waals surface area contributed by atoms with E-state index in [4.69, 9.17) is 34.7 Å². The molecule has 192 valence electrons. The second kappa shape index (κ2) is 11.8. The van der Waals surface area contributed by atoms with Crippen LogP contribution in [-0.2, 0) is 6.18 Å². The van der Waals surface area contributed by atoms with Crippen LogP contribution in [0.15, 0.2) is 94.0 Å². The first kappa shape index (κ1) is 26.8. The van der Waals surface area contributed by atoms with Crippen molar-refractivity contribution in [2.75, 3.05) is 6.54 Å². The van der Waals surface area contributed by atoms with Gasteiger partial charge in [-0.3, -0.25) is 10.1 Å². The van der Waals surface area contributed by atoms with Crippen molar-refractivity contribution in [3.63, 3.8) is 0 Å². The summed E-state index contributed by atoms with van der Waals surface area (Å²) >= 11 is 12.1. The zero-order chi connectivity index (χ0) is 26.4. The molecule has 37 heavy (non-hydrogen) atoms. The lowest BCUT2D eigenvalue weighted by Gasteiger charge is -2.32. The van der Waals surface area contributed by atoms with E-state index in [2.05, 4.69) is 27.4 Å². The van der Waals surface area contributed by atoms with E-state index >= 15 is 0 Å². The van der Waals surface area contributed by atoms with Crippen molar-refractivity contribution < 1.29 is 13.2 Å². The summed E-state index contributed by atoms with van der Waals surface area (Å²) in [5.41, 5.74) is 10.3. The molecular weight excluding hydrogens is 541 g/mol. The Hall–Kier alpha value is -3.28. The normalized spacial score (nSPS) is 16.2. The Morgan fingerprint density at radius 1 is 1.05 bits per heavy atom. The summed E-state index contributed by atoms with van der Waals surface area (Å²) in [5, 5.41) is 11.4. The third-order valence-corrected chi connectivity index (χ3v) is 6.62. The van der Waals surface area contributed by atoms with Gasteiger partial charge in [-0.25, -0.2) is 5.01 Å². The zero-order valence-electron chi connectivity index (χ0n) is 19.2. The van der Waals surface area contributed by atoms with Gasteiger partial charge >= 0.3 is 6.18 Å². The minimum atomic E-state index is -4.40. The molecule has 0 fully saturated rings. The van der Waals surface area contributed by atoms with E-state index in [1.807, 2.05) is 42.5 Å². The van der Waals surface area contributed by atoms with Crippen LogP contribution in [0.5, 0.6) is 0 Å². The largest absolute Gasteiger partial charge is 0.416 e. The fourth-order valence-corrected chi connectivity index (χ4v) is 4.54. The molecule has 12 heteroatoms. The van der Waals surface area contributed by atoms with Crippen molar-refractivity contribution in [1.82, 2.24) is 15.2 Å². The Morgan fingerprint density at radius 2 is 1.73 bits per heavy atom. The highest BCUT2D eigenvalue weighted by molar-refractivity contribution is 7.98. The van der Waals surface area contributed by atoms with Gasteiger partial charge in [0.1, 0.15) is 0 Å². The molecule has 1 heterocycles. The van der Waals surface area contributed by atoms with E-state index in [-0.39, 0.29) is 17.0 Å². The molecule has 0 spiro atoms. The third-order valence-electron chi connectivity index (χ3n) is 5.49. The minimum absolute atomic E-state index is 0.0333. The Balaban J connectivity index is 1.63. The second-order valence-corrected chi connectivity index (χ2v) is 9.76. The smallest absolute Gasteiger partial charge is 0.375 e. The molecule has 3 aromatic rings. The van der Waals surface area contributed by atoms with Gasteiger partial charge in [-0.1, -0.05) is 54.1 Å². The zero-order valence-corrected chi connectivity index (χ0v) is 21.6. The van der Waals surface area contributed by atoms with E-state index in [0.29, 0.717) is 16.5 Å². The maximum Gasteiger partial charge on any atom is 0.416 e. The number of nitrogens with one attached hydrogen (secondary N) is 2. The van der Waals surface area contributed by atoms with Gasteiger partial charge in [0, 0.05) is 22.4 Å². The molecule has 4 rings (SSSR count). The summed E-state index contributed by atoms with van der Waals surface area (Å²) in [5.74, 6) is 0.321. The minimum Gasteiger partial charge on any atom is -0.375 e. The fourth-order valence-electron chi connectivity index (χ4n) is 3.74. The molecule has 1 aliphatic heterocycles. The molecule has 0 saturated carbocycles. The van der Waals surface area contributed by atoms with Gasteiger partial charge in [0.25, 0.3) is 0 Å². The molecule has 0 radical (unpaired) electrons. The SMILES string of the molecule is NC(=S)N/N=C(/NSc1ccc(C(F)(F)F)cc1)N1CCC(c2ccccc2)C(c2ccc(Cl)cc2)=N1. The maximum absolute atomic E-state index is 12.9. The third kappa shape index (κ3) is 7.15. The molecule has 0 amide bonds. The summed E-state index contributed by atoms with van der Waals surface area (Å²) in [6, 6.07) is 22.3. The number of thiocarbonyl (C=S) groups is 1. The van der Waals surface area contributed by atoms with Crippen LogP contribution in [0, 0.1) is 0 Å². The monoisotopic (exact) mass is 562 g/mol. The lowest BCUT2D eigenvalue weighted by molar-refractivity contribution is -0.137. The number of alkyl halides is 3. The highest BCUT2D eigenvalue weighted by Gasteiger charge is 2.30. The summed E-state index contributed by atoms with van der Waals surface area (Å²) in [6.45, 7) is 0.509. The lowest BCUT2D eigenvalue weighted by Crippen LogP contribution is -2.42. The summed E-state index contributed by atoms with van der Waals surface area (Å²) < 4.78 is 41.8. The van der Waals surface area contributed by atoms with Crippen molar-refractivity contribution >= 4 is 52.6 Å². The molecule has 0 aromatic heterocycles. The van der Waals surface area contributed by atoms with Gasteiger partial charge in [0.15, 0.2) is 5.11 Å². The van der Waals surface area contributed by atoms with Gasteiger partial charge in [0.2, 0.25) is 5.96 Å². The van der Waals surface area contributed by atoms with Crippen molar-refractivity contribution in [1.29, 1.82) is 0 Å². The molecule has 1 unspecified atom stereocenters. The standard InChI is InChI=1S/C25H22ClF3N6S2/c26-19-10-6-17(7-11-19)22-21(16-4-2-1-3-5-16)14-15-35(33-22)24(32-31-23(30)36)34-37-20-12-8-18(9-13-20)25(27,28)29/h1-13,21H,14-15H2,(H,32,34)(H3,30,31,36). The van der Waals surface area contributed by atoms with Crippen LogP contribution in [0.1, 0.15) is 29.0 Å². The maximum atomic E-state index is 12.9. The first-order chi connectivity index (χ1) is 17.7. The summed E-state index contributed by atoms with van der Waals surface area (Å²) in [7, 11) is 0. The number of hydrogen-bond acceptors (Lipinski definition) is 4. The predicted octanol–water partition coefficient (Wildman–Crippen LogP) is 5.95. The van der Waals surface area contributed by atoms with Crippen LogP contribution in [-0.4, -0.2) is 28.3 Å². The van der Waals surface area contributed by atoms with Gasteiger partial charge in [-0.05, 0) is 78.1 Å². The first-order valence-corrected chi connectivity index (χ1v) is 12.7. The molecule has 0 aliphatic carbocycles. The van der Waals surface area contributed by atoms with Gasteiger partial charge in [-0.2, -0.15) is 18.3 Å². The van der Waals surface area contributed by atoms with Crippen molar-refractivity contribution in [2.24, 2.45) is 15.9 Å². The van der Waals surface area contributed by atoms with E-state index < -0.39 is 11.7 Å². The molecule has 1 aliphatic rings. The quantitative estimate of drug-likeness (QED) is 0.117. The van der Waals surface area contributed by atoms with Gasteiger partial charge in [-0.15, -0.1) is 5.10 Å². The number of hydrogen-bond donors (Lipinski definition) is 3. The van der Waals surface area contributed by atoms with Gasteiger partial charge in [0.05, 0.1) is 11.3 Å². The Morgan fingerprint density at radius 3 is 2.35 bits per heavy atom. The molecule has 1 atom stereocenters. The average Bonchev–Trinajstić information content (AvgIpc) is 2.89. The average molecular weight is 563 g/mol. The predicted molar refractivity (Wildman–Crippen MR) is 146 cm³/mol. The van der Waals surface area contributed by atoms with Crippen molar-refractivity contribution in [3.05, 3.63) is 101 Å². The first-order valence-electron chi connectivity index (χ1n) is 11.1. The van der Waals surface area contributed by atoms with Crippen molar-refractivity contribution in [2.45, 2.75) is 23.4 Å². The van der Waals surface area contributed by atoms with E-state index in [9.17, 15) is 13.2 Å². The topological polar surface area (TPSA) is 78.0 Å². The summed E-state index contributed by atoms with van der Waals surface area (Å²) in [4.78, 5) is 0.553. The highest BCUT2D eigenvalue weighted by atomic mass is 35.5. The number of benzene rings is 3. The molecule has 0 bridgehead atoms. The molecule has 0 saturated heterocycles. The van der Waals surface area contributed by atoms with Crippen LogP contribution in [0.2, 0.25) is 5.02 Å². The number of halogens is 4. The van der Waals surface area contributed by atoms with Crippen LogP contribution >= 0.6 is 35.8 Å². The number of guanidine groups is 1. The van der Waals surface area contributed by atoms with Crippen molar-refractivity contribution in [3.8, 4) is 0 Å². The van der Waals surface area contributed by atoms with Crippen LogP contribution in [0.4, 0.5) is 13.2 Å². The lowest BCUT2D eigenvalue weighted by atomic mass is 9.86. The number of hydrazone groups is 2. The number of nitrogens with two attached hydrogens (primary N) is 1. The van der Waals surface area contributed by atoms with Gasteiger partial charge < -0.3 is 5.73 Å². The number of nitrogens with zero attached hydrogens (tertiary/aromatic N) is 3. The second-order valence-electron chi connectivity index (χ2n) is 8.00. The van der Waals surface area contributed by atoms with E-state index in [1.54, 1.807) is 5.01 Å². The Bertz CT molecular complexity index is 1280.